The molecular formula is C19H27F3N4O2. The molecule has 1 aliphatic heterocycles. The van der Waals surface area contributed by atoms with Crippen LogP contribution in [0.4, 0.5) is 23.7 Å². The fraction of sp³-hybridized carbons (Fsp3) is 0.684. The van der Waals surface area contributed by atoms with Gasteiger partial charge in [-0.05, 0) is 37.7 Å². The summed E-state index contributed by atoms with van der Waals surface area (Å²) in [5, 5.41) is 5.61. The van der Waals surface area contributed by atoms with Gasteiger partial charge < -0.3 is 20.3 Å². The molecule has 0 spiro atoms. The van der Waals surface area contributed by atoms with Gasteiger partial charge in [-0.15, -0.1) is 0 Å². The quantitative estimate of drug-likeness (QED) is 0.762. The Hall–Kier alpha value is -2.03. The van der Waals surface area contributed by atoms with Crippen molar-refractivity contribution in [2.24, 2.45) is 5.92 Å². The number of carbonyl (C=O) groups excluding carboxylic acids is 1. The van der Waals surface area contributed by atoms with Crippen LogP contribution < -0.4 is 15.4 Å². The summed E-state index contributed by atoms with van der Waals surface area (Å²) in [4.78, 5) is 18.4. The lowest BCUT2D eigenvalue weighted by Crippen LogP contribution is -2.46. The first kappa shape index (κ1) is 20.7. The molecule has 1 saturated heterocycles. The van der Waals surface area contributed by atoms with Crippen LogP contribution in [-0.2, 0) is 0 Å². The van der Waals surface area contributed by atoms with Crippen molar-refractivity contribution in [1.29, 1.82) is 0 Å². The standard InChI is InChI=1S/C19H27F3N4O2/c20-19(21,22)13-28-17-6-5-16(11-23-17)25-18(27)24-15-7-9-26(10-8-15)12-14-3-1-2-4-14/h5-6,11,14-15H,1-4,7-10,12-13H2,(H2,24,25,27). The van der Waals surface area contributed by atoms with Crippen LogP contribution in [0, 0.1) is 5.92 Å². The molecule has 1 saturated carbocycles. The lowest BCUT2D eigenvalue weighted by Gasteiger charge is -2.33. The number of urea groups is 1. The average Bonchev–Trinajstić information content (AvgIpc) is 3.15. The Morgan fingerprint density at radius 3 is 2.50 bits per heavy atom. The third-order valence-electron chi connectivity index (χ3n) is 5.29. The second kappa shape index (κ2) is 9.45. The highest BCUT2D eigenvalue weighted by molar-refractivity contribution is 5.89. The van der Waals surface area contributed by atoms with Crippen LogP contribution in [-0.4, -0.2) is 54.4 Å². The van der Waals surface area contributed by atoms with E-state index >= 15 is 0 Å². The summed E-state index contributed by atoms with van der Waals surface area (Å²) in [5.74, 6) is 0.696. The highest BCUT2D eigenvalue weighted by atomic mass is 19.4. The maximum absolute atomic E-state index is 12.1. The lowest BCUT2D eigenvalue weighted by atomic mass is 10.0. The highest BCUT2D eigenvalue weighted by Crippen LogP contribution is 2.26. The molecule has 2 amide bonds. The van der Waals surface area contributed by atoms with Crippen molar-refractivity contribution in [2.45, 2.75) is 50.7 Å². The molecule has 3 rings (SSSR count). The average molecular weight is 400 g/mol. The van der Waals surface area contributed by atoms with E-state index in [0.29, 0.717) is 5.69 Å². The van der Waals surface area contributed by atoms with Gasteiger partial charge in [0.2, 0.25) is 5.88 Å². The minimum Gasteiger partial charge on any atom is -0.468 e. The molecule has 0 bridgehead atoms. The van der Waals surface area contributed by atoms with E-state index in [2.05, 4.69) is 25.3 Å². The normalized spacial score (nSPS) is 19.5. The van der Waals surface area contributed by atoms with E-state index in [1.54, 1.807) is 0 Å². The van der Waals surface area contributed by atoms with Crippen LogP contribution in [0.2, 0.25) is 0 Å². The molecule has 0 aromatic carbocycles. The van der Waals surface area contributed by atoms with Gasteiger partial charge in [-0.25, -0.2) is 9.78 Å². The van der Waals surface area contributed by atoms with E-state index in [-0.39, 0.29) is 18.0 Å². The summed E-state index contributed by atoms with van der Waals surface area (Å²) in [6.45, 7) is 1.77. The number of carbonyl (C=O) groups is 1. The van der Waals surface area contributed by atoms with Gasteiger partial charge in [0.15, 0.2) is 6.61 Å². The van der Waals surface area contributed by atoms with Crippen LogP contribution in [0.5, 0.6) is 5.88 Å². The number of amides is 2. The van der Waals surface area contributed by atoms with Crippen molar-refractivity contribution in [3.8, 4) is 5.88 Å². The highest BCUT2D eigenvalue weighted by Gasteiger charge is 2.28. The largest absolute Gasteiger partial charge is 0.468 e. The predicted molar refractivity (Wildman–Crippen MR) is 99.4 cm³/mol. The second-order valence-electron chi connectivity index (χ2n) is 7.61. The molecule has 2 heterocycles. The molecule has 0 radical (unpaired) electrons. The van der Waals surface area contributed by atoms with Crippen LogP contribution in [0.1, 0.15) is 38.5 Å². The van der Waals surface area contributed by atoms with Crippen LogP contribution in [0.25, 0.3) is 0 Å². The molecular weight excluding hydrogens is 373 g/mol. The van der Waals surface area contributed by atoms with Crippen molar-refractivity contribution in [3.05, 3.63) is 18.3 Å². The number of piperidine rings is 1. The zero-order valence-corrected chi connectivity index (χ0v) is 15.8. The van der Waals surface area contributed by atoms with Crippen LogP contribution in [0.3, 0.4) is 0 Å². The van der Waals surface area contributed by atoms with Crippen LogP contribution >= 0.6 is 0 Å². The lowest BCUT2D eigenvalue weighted by molar-refractivity contribution is -0.154. The van der Waals surface area contributed by atoms with Gasteiger partial charge in [0.1, 0.15) is 0 Å². The Morgan fingerprint density at radius 2 is 1.89 bits per heavy atom. The molecule has 2 fully saturated rings. The number of rotatable bonds is 6. The maximum Gasteiger partial charge on any atom is 0.422 e. The fourth-order valence-corrected chi connectivity index (χ4v) is 3.87. The molecule has 0 unspecified atom stereocenters. The Bertz CT molecular complexity index is 625. The third-order valence-corrected chi connectivity index (χ3v) is 5.29. The van der Waals surface area contributed by atoms with Crippen molar-refractivity contribution in [3.63, 3.8) is 0 Å². The first-order chi connectivity index (χ1) is 13.4. The number of nitrogens with one attached hydrogen (secondary N) is 2. The summed E-state index contributed by atoms with van der Waals surface area (Å²) in [6.07, 6.45) is 4.09. The molecule has 0 atom stereocenters. The second-order valence-corrected chi connectivity index (χ2v) is 7.61. The van der Waals surface area contributed by atoms with Gasteiger partial charge in [-0.3, -0.25) is 0 Å². The molecule has 156 valence electrons. The Kier molecular flexibility index (Phi) is 6.98. The molecule has 1 aliphatic carbocycles. The zero-order valence-electron chi connectivity index (χ0n) is 15.8. The number of pyridine rings is 1. The number of anilines is 1. The van der Waals surface area contributed by atoms with Gasteiger partial charge in [-0.1, -0.05) is 12.8 Å². The van der Waals surface area contributed by atoms with E-state index in [1.165, 1.54) is 50.6 Å². The Morgan fingerprint density at radius 1 is 1.18 bits per heavy atom. The molecule has 2 N–H and O–H groups in total. The molecule has 1 aromatic rings. The monoisotopic (exact) mass is 400 g/mol. The minimum atomic E-state index is -4.41. The summed E-state index contributed by atoms with van der Waals surface area (Å²) in [6, 6.07) is 2.55. The Labute approximate surface area is 162 Å². The number of hydrogen-bond acceptors (Lipinski definition) is 4. The number of halogens is 3. The summed E-state index contributed by atoms with van der Waals surface area (Å²) < 4.78 is 40.9. The van der Waals surface area contributed by atoms with Gasteiger partial charge in [-0.2, -0.15) is 13.2 Å². The minimum absolute atomic E-state index is 0.127. The van der Waals surface area contributed by atoms with Crippen LogP contribution in [0.15, 0.2) is 18.3 Å². The first-order valence-electron chi connectivity index (χ1n) is 9.83. The zero-order chi connectivity index (χ0) is 20.0. The SMILES string of the molecule is O=C(Nc1ccc(OCC(F)(F)F)nc1)NC1CCN(CC2CCCC2)CC1. The number of aromatic nitrogens is 1. The summed E-state index contributed by atoms with van der Waals surface area (Å²) in [7, 11) is 0. The van der Waals surface area contributed by atoms with Crippen molar-refractivity contribution < 1.29 is 22.7 Å². The molecule has 28 heavy (non-hydrogen) atoms. The van der Waals surface area contributed by atoms with Gasteiger partial charge in [0, 0.05) is 31.7 Å². The van der Waals surface area contributed by atoms with E-state index in [4.69, 9.17) is 0 Å². The number of nitrogens with zero attached hydrogens (tertiary/aromatic N) is 2. The summed E-state index contributed by atoms with van der Waals surface area (Å²) in [5.41, 5.74) is 0.399. The summed E-state index contributed by atoms with van der Waals surface area (Å²) >= 11 is 0. The Balaban J connectivity index is 1.36. The maximum atomic E-state index is 12.1. The van der Waals surface area contributed by atoms with Crippen molar-refractivity contribution in [2.75, 3.05) is 31.6 Å². The van der Waals surface area contributed by atoms with E-state index < -0.39 is 12.8 Å². The number of likely N-dealkylation sites (tertiary alicyclic amines) is 1. The van der Waals surface area contributed by atoms with E-state index in [1.807, 2.05) is 0 Å². The third kappa shape index (κ3) is 6.85. The van der Waals surface area contributed by atoms with Gasteiger partial charge in [0.25, 0.3) is 0 Å². The van der Waals surface area contributed by atoms with Gasteiger partial charge in [0.05, 0.1) is 11.9 Å². The molecule has 9 heteroatoms. The van der Waals surface area contributed by atoms with E-state index in [0.717, 1.165) is 31.8 Å². The van der Waals surface area contributed by atoms with Crippen molar-refractivity contribution in [1.82, 2.24) is 15.2 Å². The van der Waals surface area contributed by atoms with Crippen molar-refractivity contribution >= 4 is 11.7 Å². The predicted octanol–water partition coefficient (Wildman–Crippen LogP) is 3.80. The topological polar surface area (TPSA) is 66.5 Å². The number of alkyl halides is 3. The number of hydrogen-bond donors (Lipinski definition) is 2. The molecule has 1 aromatic heterocycles. The molecule has 2 aliphatic rings. The number of ether oxygens (including phenoxy) is 1. The smallest absolute Gasteiger partial charge is 0.422 e. The molecule has 6 nitrogen and oxygen atoms in total. The van der Waals surface area contributed by atoms with Gasteiger partial charge >= 0.3 is 12.2 Å². The fourth-order valence-electron chi connectivity index (χ4n) is 3.87. The first-order valence-corrected chi connectivity index (χ1v) is 9.83. The van der Waals surface area contributed by atoms with E-state index in [9.17, 15) is 18.0 Å².